The second-order valence-corrected chi connectivity index (χ2v) is 10.4. The lowest BCUT2D eigenvalue weighted by Gasteiger charge is -2.53. The Labute approximate surface area is 189 Å². The van der Waals surface area contributed by atoms with Crippen LogP contribution in [0.4, 0.5) is 4.39 Å². The zero-order valence-electron chi connectivity index (χ0n) is 18.8. The first-order valence-electron chi connectivity index (χ1n) is 12.2. The number of carbonyl (C=O) groups is 1. The van der Waals surface area contributed by atoms with Crippen LogP contribution in [-0.4, -0.2) is 37.3 Å². The van der Waals surface area contributed by atoms with Crippen molar-refractivity contribution in [2.45, 2.75) is 87.9 Å². The molecule has 3 N–H and O–H groups in total. The Morgan fingerprint density at radius 1 is 1.09 bits per heavy atom. The summed E-state index contributed by atoms with van der Waals surface area (Å²) in [5, 5.41) is 3.42. The highest BCUT2D eigenvalue weighted by Crippen LogP contribution is 2.58. The highest BCUT2D eigenvalue weighted by Gasteiger charge is 2.53. The van der Waals surface area contributed by atoms with Crippen molar-refractivity contribution in [1.29, 1.82) is 0 Å². The lowest BCUT2D eigenvalue weighted by atomic mass is 9.51. The van der Waals surface area contributed by atoms with Gasteiger partial charge in [-0.15, -0.1) is 0 Å². The summed E-state index contributed by atoms with van der Waals surface area (Å²) in [6, 6.07) is 8.52. The zero-order valence-corrected chi connectivity index (χ0v) is 18.8. The molecule has 1 amide bonds. The van der Waals surface area contributed by atoms with Gasteiger partial charge in [0, 0.05) is 23.6 Å². The third-order valence-corrected chi connectivity index (χ3v) is 8.66. The fourth-order valence-electron chi connectivity index (χ4n) is 6.49. The van der Waals surface area contributed by atoms with Crippen LogP contribution in [0.3, 0.4) is 0 Å². The second-order valence-electron chi connectivity index (χ2n) is 10.4. The van der Waals surface area contributed by atoms with Crippen LogP contribution in [0, 0.1) is 5.41 Å². The number of halogens is 1. The van der Waals surface area contributed by atoms with Gasteiger partial charge in [0.05, 0.1) is 18.5 Å². The van der Waals surface area contributed by atoms with Crippen molar-refractivity contribution in [3.8, 4) is 5.75 Å². The van der Waals surface area contributed by atoms with E-state index in [9.17, 15) is 9.18 Å². The molecule has 5 aliphatic rings. The molecule has 2 aliphatic heterocycles. The molecule has 3 saturated carbocycles. The smallest absolute Gasteiger partial charge is 0.226 e. The van der Waals surface area contributed by atoms with Crippen molar-refractivity contribution < 1.29 is 18.7 Å². The largest absolute Gasteiger partial charge is 0.489 e. The van der Waals surface area contributed by atoms with Crippen molar-refractivity contribution in [3.05, 3.63) is 41.7 Å². The third-order valence-electron chi connectivity index (χ3n) is 8.66. The summed E-state index contributed by atoms with van der Waals surface area (Å²) in [6.07, 6.45) is 11.5. The maximum Gasteiger partial charge on any atom is 0.226 e. The van der Waals surface area contributed by atoms with E-state index in [1.807, 2.05) is 12.1 Å². The summed E-state index contributed by atoms with van der Waals surface area (Å²) in [5.41, 5.74) is 7.24. The Morgan fingerprint density at radius 2 is 1.72 bits per heavy atom. The lowest BCUT2D eigenvalue weighted by Crippen LogP contribution is -2.54. The van der Waals surface area contributed by atoms with Crippen LogP contribution >= 0.6 is 0 Å². The van der Waals surface area contributed by atoms with E-state index in [2.05, 4.69) is 17.4 Å². The number of rotatable bonds is 7. The molecule has 1 aromatic rings. The van der Waals surface area contributed by atoms with Crippen molar-refractivity contribution in [2.24, 2.45) is 11.1 Å². The van der Waals surface area contributed by atoms with Gasteiger partial charge in [-0.05, 0) is 87.3 Å². The molecule has 4 bridgehead atoms. The van der Waals surface area contributed by atoms with E-state index in [1.54, 1.807) is 0 Å². The summed E-state index contributed by atoms with van der Waals surface area (Å²) in [6.45, 7) is 0.326. The molecule has 0 radical (unpaired) electrons. The number of hydrogen-bond donors (Lipinski definition) is 2. The molecular formula is C26H35FN2O3. The summed E-state index contributed by atoms with van der Waals surface area (Å²) >= 11 is 0. The van der Waals surface area contributed by atoms with Crippen molar-refractivity contribution in [1.82, 2.24) is 5.32 Å². The Morgan fingerprint density at radius 3 is 2.28 bits per heavy atom. The number of carbonyl (C=O) groups excluding carboxylic acids is 1. The quantitative estimate of drug-likeness (QED) is 0.661. The molecule has 3 aliphatic carbocycles. The topological polar surface area (TPSA) is 73.6 Å². The third kappa shape index (κ3) is 4.08. The number of nitrogens with two attached hydrogens (primary N) is 1. The van der Waals surface area contributed by atoms with Gasteiger partial charge < -0.3 is 20.5 Å². The molecule has 2 heterocycles. The van der Waals surface area contributed by atoms with Crippen LogP contribution in [0.2, 0.25) is 0 Å². The molecule has 3 atom stereocenters. The Kier molecular flexibility index (Phi) is 6.01. The molecule has 0 spiro atoms. The van der Waals surface area contributed by atoms with E-state index in [0.29, 0.717) is 24.1 Å². The Hall–Kier alpha value is -1.92. The highest BCUT2D eigenvalue weighted by molar-refractivity contribution is 5.83. The molecule has 32 heavy (non-hydrogen) atoms. The van der Waals surface area contributed by atoms with E-state index >= 15 is 0 Å². The van der Waals surface area contributed by atoms with E-state index in [-0.39, 0.29) is 35.9 Å². The molecule has 1 aromatic carbocycles. The molecule has 1 unspecified atom stereocenters. The van der Waals surface area contributed by atoms with Gasteiger partial charge in [0.2, 0.25) is 5.91 Å². The predicted molar refractivity (Wildman–Crippen MR) is 121 cm³/mol. The van der Waals surface area contributed by atoms with Crippen molar-refractivity contribution in [3.63, 3.8) is 0 Å². The van der Waals surface area contributed by atoms with Gasteiger partial charge in [-0.3, -0.25) is 4.79 Å². The zero-order chi connectivity index (χ0) is 22.2. The SMILES string of the molecule is NC/C(=C\F)COc1ccc(C23CCC(C(=O)N[C@@H]4CC5CC[C@H](C4)O5)(CC2)CC3)cc1. The van der Waals surface area contributed by atoms with Crippen molar-refractivity contribution >= 4 is 5.91 Å². The molecule has 174 valence electrons. The maximum absolute atomic E-state index is 13.3. The average Bonchev–Trinajstić information content (AvgIpc) is 3.19. The number of ether oxygens (including phenoxy) is 2. The minimum Gasteiger partial charge on any atom is -0.489 e. The van der Waals surface area contributed by atoms with Crippen LogP contribution < -0.4 is 15.8 Å². The van der Waals surface area contributed by atoms with Gasteiger partial charge in [0.1, 0.15) is 12.4 Å². The molecule has 6 rings (SSSR count). The first-order valence-corrected chi connectivity index (χ1v) is 12.2. The van der Waals surface area contributed by atoms with Gasteiger partial charge in [0.25, 0.3) is 0 Å². The summed E-state index contributed by atoms with van der Waals surface area (Å²) in [5.74, 6) is 1.01. The van der Waals surface area contributed by atoms with E-state index in [4.69, 9.17) is 15.2 Å². The average molecular weight is 443 g/mol. The number of hydrogen-bond acceptors (Lipinski definition) is 4. The van der Waals surface area contributed by atoms with Gasteiger partial charge in [0.15, 0.2) is 0 Å². The normalized spacial score (nSPS) is 36.2. The summed E-state index contributed by atoms with van der Waals surface area (Å²) in [4.78, 5) is 13.3. The highest BCUT2D eigenvalue weighted by atomic mass is 19.1. The summed E-state index contributed by atoms with van der Waals surface area (Å²) < 4.78 is 24.3. The number of amides is 1. The van der Waals surface area contributed by atoms with Gasteiger partial charge >= 0.3 is 0 Å². The molecule has 2 saturated heterocycles. The minimum absolute atomic E-state index is 0.155. The van der Waals surface area contributed by atoms with Crippen LogP contribution in [0.15, 0.2) is 36.2 Å². The maximum atomic E-state index is 13.3. The predicted octanol–water partition coefficient (Wildman–Crippen LogP) is 4.30. The van der Waals surface area contributed by atoms with Gasteiger partial charge in [-0.25, -0.2) is 4.39 Å². The van der Waals surface area contributed by atoms with Crippen LogP contribution in [0.1, 0.15) is 69.8 Å². The number of benzene rings is 1. The molecule has 5 fully saturated rings. The molecule has 5 nitrogen and oxygen atoms in total. The second kappa shape index (κ2) is 8.79. The molecular weight excluding hydrogens is 407 g/mol. The number of nitrogens with one attached hydrogen (secondary N) is 1. The first-order chi connectivity index (χ1) is 15.5. The van der Waals surface area contributed by atoms with Gasteiger partial charge in [-0.2, -0.15) is 0 Å². The molecule has 0 aromatic heterocycles. The number of fused-ring (bicyclic) bond motifs is 5. The Bertz CT molecular complexity index is 832. The molecule has 6 heteroatoms. The minimum atomic E-state index is -0.181. The van der Waals surface area contributed by atoms with E-state index in [0.717, 1.165) is 70.0 Å². The van der Waals surface area contributed by atoms with Crippen LogP contribution in [-0.2, 0) is 14.9 Å². The first kappa shape index (κ1) is 21.9. The van der Waals surface area contributed by atoms with Crippen LogP contribution in [0.5, 0.6) is 5.75 Å². The van der Waals surface area contributed by atoms with Crippen molar-refractivity contribution in [2.75, 3.05) is 13.2 Å². The van der Waals surface area contributed by atoms with Crippen LogP contribution in [0.25, 0.3) is 0 Å². The monoisotopic (exact) mass is 442 g/mol. The van der Waals surface area contributed by atoms with E-state index < -0.39 is 0 Å². The fraction of sp³-hybridized carbons (Fsp3) is 0.654. The standard InChI is InChI=1S/C26H35FN2O3/c27-15-18(16-28)17-31-21-3-1-19(2-4-21)25-7-10-26(11-8-25,12-9-25)24(30)29-20-13-22-5-6-23(14-20)32-22/h1-4,15,20,22-23H,5-14,16-17,28H2,(H,29,30)/b18-15+/t20-,22+,23?,25?,26?/m0/s1. The Balaban J connectivity index is 1.18. The van der Waals surface area contributed by atoms with Gasteiger partial charge in [-0.1, -0.05) is 12.1 Å². The fourth-order valence-corrected chi connectivity index (χ4v) is 6.49. The lowest BCUT2D eigenvalue weighted by molar-refractivity contribution is -0.139. The summed E-state index contributed by atoms with van der Waals surface area (Å²) in [7, 11) is 0. The van der Waals surface area contributed by atoms with E-state index in [1.165, 1.54) is 5.56 Å².